The van der Waals surface area contributed by atoms with Crippen LogP contribution in [-0.2, 0) is 6.54 Å². The van der Waals surface area contributed by atoms with E-state index in [1.165, 1.54) is 0 Å². The number of para-hydroxylation sites is 2. The number of rotatable bonds is 4. The number of methoxy groups -OCH3 is 1. The van der Waals surface area contributed by atoms with Gasteiger partial charge in [0.1, 0.15) is 11.6 Å². The molecule has 5 aromatic rings. The molecule has 3 heterocycles. The topological polar surface area (TPSA) is 64.3 Å². The molecule has 7 nitrogen and oxygen atoms in total. The summed E-state index contributed by atoms with van der Waals surface area (Å²) in [5, 5.41) is 8.08. The number of benzene rings is 3. The lowest BCUT2D eigenvalue weighted by Crippen LogP contribution is -2.38. The van der Waals surface area contributed by atoms with Gasteiger partial charge < -0.3 is 19.5 Å². The Bertz CT molecular complexity index is 1620. The third-order valence-corrected chi connectivity index (χ3v) is 7.14. The number of urea groups is 1. The molecule has 1 unspecified atom stereocenters. The van der Waals surface area contributed by atoms with Crippen LogP contribution in [0.2, 0.25) is 0 Å². The van der Waals surface area contributed by atoms with Gasteiger partial charge in [-0.1, -0.05) is 48.5 Å². The highest BCUT2D eigenvalue weighted by Gasteiger charge is 2.36. The molecule has 0 bridgehead atoms. The summed E-state index contributed by atoms with van der Waals surface area (Å²) < 4.78 is 9.69. The van der Waals surface area contributed by atoms with Crippen LogP contribution in [0.1, 0.15) is 34.1 Å². The van der Waals surface area contributed by atoms with Gasteiger partial charge in [0.15, 0.2) is 0 Å². The number of ether oxygens (including phenoxy) is 1. The molecular formula is C31H29N5O2. The van der Waals surface area contributed by atoms with E-state index in [2.05, 4.69) is 16.0 Å². The van der Waals surface area contributed by atoms with Crippen LogP contribution in [-0.4, -0.2) is 32.4 Å². The lowest BCUT2D eigenvalue weighted by atomic mass is 10.0. The van der Waals surface area contributed by atoms with Gasteiger partial charge in [0, 0.05) is 17.4 Å². The van der Waals surface area contributed by atoms with Gasteiger partial charge in [0.2, 0.25) is 0 Å². The van der Waals surface area contributed by atoms with Gasteiger partial charge in [0.25, 0.3) is 0 Å². The number of carbonyl (C=O) groups excluding carboxylic acids is 1. The quantitative estimate of drug-likeness (QED) is 0.308. The van der Waals surface area contributed by atoms with E-state index in [-0.39, 0.29) is 12.1 Å². The molecular weight excluding hydrogens is 474 g/mol. The van der Waals surface area contributed by atoms with Gasteiger partial charge in [-0.05, 0) is 67.4 Å². The predicted octanol–water partition coefficient (Wildman–Crippen LogP) is 6.43. The van der Waals surface area contributed by atoms with Crippen molar-refractivity contribution in [2.75, 3.05) is 12.4 Å². The van der Waals surface area contributed by atoms with E-state index >= 15 is 0 Å². The molecule has 0 fully saturated rings. The van der Waals surface area contributed by atoms with Crippen LogP contribution < -0.4 is 10.1 Å². The minimum absolute atomic E-state index is 0.181. The first kappa shape index (κ1) is 23.6. The van der Waals surface area contributed by atoms with Crippen LogP contribution in [0.5, 0.6) is 5.75 Å². The van der Waals surface area contributed by atoms with Crippen molar-refractivity contribution in [2.45, 2.75) is 26.4 Å². The highest BCUT2D eigenvalue weighted by molar-refractivity contribution is 5.91. The Morgan fingerprint density at radius 1 is 0.947 bits per heavy atom. The molecule has 1 atom stereocenters. The molecule has 1 N–H and O–H groups in total. The van der Waals surface area contributed by atoms with E-state index in [9.17, 15) is 4.79 Å². The fourth-order valence-electron chi connectivity index (χ4n) is 5.21. The van der Waals surface area contributed by atoms with Crippen LogP contribution in [0, 0.1) is 13.8 Å². The van der Waals surface area contributed by atoms with Crippen LogP contribution in [0.4, 0.5) is 10.5 Å². The van der Waals surface area contributed by atoms with Crippen molar-refractivity contribution in [1.29, 1.82) is 0 Å². The number of anilines is 1. The summed E-state index contributed by atoms with van der Waals surface area (Å²) in [6, 6.07) is 29.4. The summed E-state index contributed by atoms with van der Waals surface area (Å²) in [6.45, 7) is 4.38. The van der Waals surface area contributed by atoms with E-state index < -0.39 is 0 Å². The molecule has 3 aromatic carbocycles. The van der Waals surface area contributed by atoms with E-state index in [0.29, 0.717) is 6.54 Å². The monoisotopic (exact) mass is 503 g/mol. The summed E-state index contributed by atoms with van der Waals surface area (Å²) in [5.74, 6) is 1.68. The third kappa shape index (κ3) is 4.02. The maximum Gasteiger partial charge on any atom is 0.322 e. The van der Waals surface area contributed by atoms with Crippen LogP contribution in [0.3, 0.4) is 0 Å². The molecule has 0 saturated carbocycles. The van der Waals surface area contributed by atoms with E-state index in [0.717, 1.165) is 51.0 Å². The Hall–Kier alpha value is -4.78. The molecule has 1 aliphatic rings. The molecule has 6 rings (SSSR count). The second kappa shape index (κ2) is 9.59. The highest BCUT2D eigenvalue weighted by atomic mass is 16.5. The number of aromatic nitrogens is 3. The fourth-order valence-corrected chi connectivity index (χ4v) is 5.21. The van der Waals surface area contributed by atoms with Gasteiger partial charge in [-0.2, -0.15) is 5.10 Å². The first-order valence-corrected chi connectivity index (χ1v) is 12.6. The molecule has 0 saturated heterocycles. The molecule has 0 radical (unpaired) electrons. The Morgan fingerprint density at radius 3 is 2.53 bits per heavy atom. The number of carbonyl (C=O) groups is 1. The summed E-state index contributed by atoms with van der Waals surface area (Å²) >= 11 is 0. The molecule has 1 aliphatic heterocycles. The van der Waals surface area contributed by atoms with E-state index in [1.807, 2.05) is 115 Å². The fraction of sp³-hybridized carbons (Fsp3) is 0.161. The minimum Gasteiger partial charge on any atom is -0.497 e. The summed E-state index contributed by atoms with van der Waals surface area (Å²) in [4.78, 5) is 16.0. The second-order valence-corrected chi connectivity index (χ2v) is 9.49. The molecule has 0 spiro atoms. The Labute approximate surface area is 221 Å². The van der Waals surface area contributed by atoms with Crippen LogP contribution >= 0.6 is 0 Å². The van der Waals surface area contributed by atoms with Crippen molar-refractivity contribution in [3.8, 4) is 17.3 Å². The largest absolute Gasteiger partial charge is 0.497 e. The SMILES string of the molecule is COc1cccc(C2c3cccn3-c3c(c(C)nn3-c3ccccc3)CN2C(=O)Nc2ccccc2C)c1. The molecule has 190 valence electrons. The average molecular weight is 504 g/mol. The molecule has 0 aliphatic carbocycles. The summed E-state index contributed by atoms with van der Waals surface area (Å²) in [6.07, 6.45) is 2.05. The first-order chi connectivity index (χ1) is 18.5. The van der Waals surface area contributed by atoms with Crippen molar-refractivity contribution in [3.63, 3.8) is 0 Å². The Kier molecular flexibility index (Phi) is 5.96. The zero-order chi connectivity index (χ0) is 26.2. The van der Waals surface area contributed by atoms with Crippen molar-refractivity contribution < 1.29 is 9.53 Å². The number of fused-ring (bicyclic) bond motifs is 3. The standard InChI is InChI=1S/C31H29N5O2/c1-21-11-7-8-16-27(21)32-31(37)35-20-26-22(2)33-36(24-13-5-4-6-14-24)30(26)34-18-10-17-28(34)29(35)23-12-9-15-25(19-23)38-3/h4-19,29H,20H2,1-3H3,(H,32,37). The molecule has 2 amide bonds. The van der Waals surface area contributed by atoms with E-state index in [4.69, 9.17) is 9.84 Å². The normalized spacial score (nSPS) is 14.4. The minimum atomic E-state index is -0.361. The van der Waals surface area contributed by atoms with Crippen molar-refractivity contribution >= 4 is 11.7 Å². The van der Waals surface area contributed by atoms with E-state index in [1.54, 1.807) is 7.11 Å². The first-order valence-electron chi connectivity index (χ1n) is 12.6. The van der Waals surface area contributed by atoms with Crippen molar-refractivity contribution in [1.82, 2.24) is 19.2 Å². The number of hydrogen-bond acceptors (Lipinski definition) is 3. The van der Waals surface area contributed by atoms with Crippen molar-refractivity contribution in [2.24, 2.45) is 0 Å². The average Bonchev–Trinajstić information content (AvgIpc) is 3.50. The molecule has 2 aromatic heterocycles. The lowest BCUT2D eigenvalue weighted by molar-refractivity contribution is 0.194. The van der Waals surface area contributed by atoms with Crippen molar-refractivity contribution in [3.05, 3.63) is 125 Å². The summed E-state index contributed by atoms with van der Waals surface area (Å²) in [5.41, 5.74) is 6.57. The Morgan fingerprint density at radius 2 is 1.74 bits per heavy atom. The maximum atomic E-state index is 14.1. The molecule has 38 heavy (non-hydrogen) atoms. The number of nitrogens with zero attached hydrogens (tertiary/aromatic N) is 4. The number of nitrogens with one attached hydrogen (secondary N) is 1. The van der Waals surface area contributed by atoms with Gasteiger partial charge in [-0.25, -0.2) is 9.48 Å². The zero-order valence-corrected chi connectivity index (χ0v) is 21.6. The second-order valence-electron chi connectivity index (χ2n) is 9.49. The maximum absolute atomic E-state index is 14.1. The van der Waals surface area contributed by atoms with Gasteiger partial charge in [-0.15, -0.1) is 0 Å². The van der Waals surface area contributed by atoms with Gasteiger partial charge >= 0.3 is 6.03 Å². The third-order valence-electron chi connectivity index (χ3n) is 7.14. The number of amides is 2. The number of hydrogen-bond donors (Lipinski definition) is 1. The smallest absolute Gasteiger partial charge is 0.322 e. The predicted molar refractivity (Wildman–Crippen MR) is 148 cm³/mol. The number of aryl methyl sites for hydroxylation is 2. The Balaban J connectivity index is 1.55. The lowest BCUT2D eigenvalue weighted by Gasteiger charge is -2.31. The highest BCUT2D eigenvalue weighted by Crippen LogP contribution is 2.39. The summed E-state index contributed by atoms with van der Waals surface area (Å²) in [7, 11) is 1.66. The zero-order valence-electron chi connectivity index (χ0n) is 21.6. The van der Waals surface area contributed by atoms with Gasteiger partial charge in [-0.3, -0.25) is 0 Å². The van der Waals surface area contributed by atoms with Crippen LogP contribution in [0.15, 0.2) is 97.2 Å². The molecule has 7 heteroatoms. The van der Waals surface area contributed by atoms with Gasteiger partial charge in [0.05, 0.1) is 36.8 Å². The van der Waals surface area contributed by atoms with Crippen LogP contribution in [0.25, 0.3) is 11.5 Å².